The number of hydrogen-bond acceptors (Lipinski definition) is 3. The first-order valence-electron chi connectivity index (χ1n) is 7.68. The number of anilines is 1. The Morgan fingerprint density at radius 3 is 2.48 bits per heavy atom. The van der Waals surface area contributed by atoms with Gasteiger partial charge in [0.15, 0.2) is 9.84 Å². The minimum absolute atomic E-state index is 0.157. The number of halogens is 2. The van der Waals surface area contributed by atoms with Crippen LogP contribution in [0.15, 0.2) is 53.4 Å². The number of carbonyl (C=O) groups is 1. The largest absolute Gasteiger partial charge is 0.323 e. The van der Waals surface area contributed by atoms with Crippen LogP contribution in [0, 0.1) is 0 Å². The van der Waals surface area contributed by atoms with E-state index in [4.69, 9.17) is 23.2 Å². The molecule has 0 aromatic heterocycles. The molecule has 0 bridgehead atoms. The van der Waals surface area contributed by atoms with Gasteiger partial charge in [0.05, 0.1) is 20.2 Å². The topological polar surface area (TPSA) is 66.5 Å². The number of amides is 2. The van der Waals surface area contributed by atoms with Crippen molar-refractivity contribution in [2.24, 2.45) is 0 Å². The average molecular weight is 399 g/mol. The number of urea groups is 1. The van der Waals surface area contributed by atoms with E-state index in [1.54, 1.807) is 48.5 Å². The van der Waals surface area contributed by atoms with Gasteiger partial charge in [-0.25, -0.2) is 13.2 Å². The van der Waals surface area contributed by atoms with E-state index >= 15 is 0 Å². The summed E-state index contributed by atoms with van der Waals surface area (Å²) in [5.74, 6) is 0. The Bertz CT molecular complexity index is 888. The fourth-order valence-corrected chi connectivity index (χ4v) is 4.76. The molecule has 0 unspecified atom stereocenters. The zero-order valence-electron chi connectivity index (χ0n) is 13.2. The predicted molar refractivity (Wildman–Crippen MR) is 99.1 cm³/mol. The summed E-state index contributed by atoms with van der Waals surface area (Å²) in [6, 6.07) is 12.7. The molecule has 25 heavy (non-hydrogen) atoms. The summed E-state index contributed by atoms with van der Waals surface area (Å²) in [4.78, 5) is 14.1. The summed E-state index contributed by atoms with van der Waals surface area (Å²) in [5, 5.41) is 2.85. The Kier molecular flexibility index (Phi) is 5.22. The van der Waals surface area contributed by atoms with Crippen LogP contribution in [0.5, 0.6) is 0 Å². The fourth-order valence-electron chi connectivity index (χ4n) is 2.74. The molecule has 0 aliphatic carbocycles. The normalized spacial score (nSPS) is 17.5. The van der Waals surface area contributed by atoms with E-state index in [1.807, 2.05) is 0 Å². The van der Waals surface area contributed by atoms with Crippen molar-refractivity contribution in [3.63, 3.8) is 0 Å². The van der Waals surface area contributed by atoms with Gasteiger partial charge in [-0.2, -0.15) is 0 Å². The van der Waals surface area contributed by atoms with Crippen molar-refractivity contribution in [3.8, 4) is 0 Å². The third kappa shape index (κ3) is 3.92. The minimum atomic E-state index is -3.45. The highest BCUT2D eigenvalue weighted by atomic mass is 35.5. The van der Waals surface area contributed by atoms with Gasteiger partial charge < -0.3 is 10.2 Å². The number of benzene rings is 2. The first kappa shape index (κ1) is 18.0. The molecule has 1 atom stereocenters. The average Bonchev–Trinajstić information content (AvgIpc) is 3.10. The van der Waals surface area contributed by atoms with E-state index in [0.717, 1.165) is 0 Å². The number of likely N-dealkylation sites (tertiary alicyclic amines) is 1. The number of carbonyl (C=O) groups excluding carboxylic acids is 1. The Balaban J connectivity index is 1.68. The van der Waals surface area contributed by atoms with Crippen LogP contribution in [-0.2, 0) is 9.84 Å². The van der Waals surface area contributed by atoms with Crippen LogP contribution in [-0.4, -0.2) is 37.7 Å². The molecule has 8 heteroatoms. The van der Waals surface area contributed by atoms with Gasteiger partial charge in [-0.15, -0.1) is 0 Å². The van der Waals surface area contributed by atoms with Crippen LogP contribution >= 0.6 is 23.2 Å². The highest BCUT2D eigenvalue weighted by molar-refractivity contribution is 7.92. The number of nitrogens with one attached hydrogen (secondary N) is 1. The van der Waals surface area contributed by atoms with E-state index < -0.39 is 15.1 Å². The Hall–Kier alpha value is -1.76. The number of hydrogen-bond donors (Lipinski definition) is 1. The first-order valence-corrected chi connectivity index (χ1v) is 9.98. The van der Waals surface area contributed by atoms with Crippen molar-refractivity contribution in [2.75, 3.05) is 18.4 Å². The maximum atomic E-state index is 12.7. The number of rotatable bonds is 3. The molecule has 132 valence electrons. The molecule has 5 nitrogen and oxygen atoms in total. The monoisotopic (exact) mass is 398 g/mol. The lowest BCUT2D eigenvalue weighted by Crippen LogP contribution is -2.35. The third-order valence-electron chi connectivity index (χ3n) is 4.11. The molecular formula is C17H16Cl2N2O3S. The summed E-state index contributed by atoms with van der Waals surface area (Å²) in [5.41, 5.74) is 0.508. The minimum Gasteiger partial charge on any atom is -0.323 e. The molecule has 3 rings (SSSR count). The van der Waals surface area contributed by atoms with Gasteiger partial charge in [-0.1, -0.05) is 41.4 Å². The lowest BCUT2D eigenvalue weighted by molar-refractivity contribution is 0.222. The lowest BCUT2D eigenvalue weighted by Gasteiger charge is -2.18. The molecule has 2 aromatic rings. The summed E-state index contributed by atoms with van der Waals surface area (Å²) >= 11 is 11.8. The second-order valence-electron chi connectivity index (χ2n) is 5.77. The van der Waals surface area contributed by atoms with Gasteiger partial charge in [0, 0.05) is 18.8 Å². The SMILES string of the molecule is O=C(Nc1ccc(Cl)c(Cl)c1)N1CC[C@H](S(=O)(=O)c2ccccc2)C1. The van der Waals surface area contributed by atoms with Crippen molar-refractivity contribution in [3.05, 3.63) is 58.6 Å². The van der Waals surface area contributed by atoms with Crippen LogP contribution in [0.3, 0.4) is 0 Å². The van der Waals surface area contributed by atoms with Crippen molar-refractivity contribution >= 4 is 44.8 Å². The smallest absolute Gasteiger partial charge is 0.321 e. The molecular weight excluding hydrogens is 383 g/mol. The van der Waals surface area contributed by atoms with Crippen molar-refractivity contribution in [1.82, 2.24) is 4.90 Å². The fraction of sp³-hybridized carbons (Fsp3) is 0.235. The molecule has 1 saturated heterocycles. The number of sulfone groups is 1. The van der Waals surface area contributed by atoms with E-state index in [2.05, 4.69) is 5.32 Å². The standard InChI is InChI=1S/C17H16Cl2N2O3S/c18-15-7-6-12(10-16(15)19)20-17(22)21-9-8-14(11-21)25(23,24)13-4-2-1-3-5-13/h1-7,10,14H,8-9,11H2,(H,20,22)/t14-/m0/s1. The molecule has 1 N–H and O–H groups in total. The van der Waals surface area contributed by atoms with Gasteiger partial charge in [0.25, 0.3) is 0 Å². The summed E-state index contributed by atoms with van der Waals surface area (Å²) < 4.78 is 25.3. The van der Waals surface area contributed by atoms with Crippen LogP contribution < -0.4 is 5.32 Å². The first-order chi connectivity index (χ1) is 11.9. The highest BCUT2D eigenvalue weighted by Crippen LogP contribution is 2.27. The van der Waals surface area contributed by atoms with Crippen LogP contribution in [0.25, 0.3) is 0 Å². The second-order valence-corrected chi connectivity index (χ2v) is 8.82. The van der Waals surface area contributed by atoms with E-state index in [-0.39, 0.29) is 17.5 Å². The molecule has 1 aliphatic heterocycles. The van der Waals surface area contributed by atoms with Crippen LogP contribution in [0.4, 0.5) is 10.5 Å². The van der Waals surface area contributed by atoms with Crippen molar-refractivity contribution < 1.29 is 13.2 Å². The van der Waals surface area contributed by atoms with Crippen molar-refractivity contribution in [2.45, 2.75) is 16.6 Å². The maximum Gasteiger partial charge on any atom is 0.321 e. The van der Waals surface area contributed by atoms with Gasteiger partial charge in [0.1, 0.15) is 0 Å². The molecule has 0 spiro atoms. The van der Waals surface area contributed by atoms with Crippen molar-refractivity contribution in [1.29, 1.82) is 0 Å². The molecule has 1 heterocycles. The highest BCUT2D eigenvalue weighted by Gasteiger charge is 2.36. The van der Waals surface area contributed by atoms with Gasteiger partial charge in [-0.05, 0) is 36.8 Å². The zero-order valence-corrected chi connectivity index (χ0v) is 15.5. The maximum absolute atomic E-state index is 12.7. The lowest BCUT2D eigenvalue weighted by atomic mass is 10.3. The van der Waals surface area contributed by atoms with Gasteiger partial charge >= 0.3 is 6.03 Å². The van der Waals surface area contributed by atoms with Crippen LogP contribution in [0.2, 0.25) is 10.0 Å². The zero-order chi connectivity index (χ0) is 18.0. The molecule has 2 amide bonds. The van der Waals surface area contributed by atoms with Crippen LogP contribution in [0.1, 0.15) is 6.42 Å². The number of nitrogens with zero attached hydrogens (tertiary/aromatic N) is 1. The Labute approximate surface area is 156 Å². The summed E-state index contributed by atoms with van der Waals surface area (Å²) in [6.45, 7) is 0.536. The van der Waals surface area contributed by atoms with Gasteiger partial charge in [0.2, 0.25) is 0 Å². The quantitative estimate of drug-likeness (QED) is 0.846. The summed E-state index contributed by atoms with van der Waals surface area (Å²) in [6.07, 6.45) is 0.409. The van der Waals surface area contributed by atoms with E-state index in [0.29, 0.717) is 28.7 Å². The van der Waals surface area contributed by atoms with E-state index in [9.17, 15) is 13.2 Å². The van der Waals surface area contributed by atoms with Gasteiger partial charge in [-0.3, -0.25) is 0 Å². The Morgan fingerprint density at radius 1 is 1.08 bits per heavy atom. The molecule has 1 aliphatic rings. The predicted octanol–water partition coefficient (Wildman–Crippen LogP) is 4.07. The molecule has 1 fully saturated rings. The summed E-state index contributed by atoms with van der Waals surface area (Å²) in [7, 11) is -3.45. The van der Waals surface area contributed by atoms with E-state index in [1.165, 1.54) is 4.90 Å². The molecule has 0 radical (unpaired) electrons. The molecule has 0 saturated carbocycles. The molecule has 2 aromatic carbocycles. The third-order valence-corrected chi connectivity index (χ3v) is 7.04. The Morgan fingerprint density at radius 2 is 1.80 bits per heavy atom. The second kappa shape index (κ2) is 7.23.